The van der Waals surface area contributed by atoms with Crippen molar-refractivity contribution in [3.63, 3.8) is 0 Å². The standard InChI is InChI=1S/C51H61N7O17/c1-28-20-29(2)22-32(21-28)41-39-31(13-15-55-39)24-58(41)75-43-46(72-34-11-12-35-37(23-34)71-25-36(42(35)65)30-7-9-33(63)10-8-30)73-47(49(69,26-61)51(43,70)38(64)6-4-18-59)50(27-62,57-48(52)56-17-16-53-3)74-45(68)40(44(66)67)54-14-5-19-60/h7-13,15,19-25,38,40,43,46-47,53-55,59,61-64,69-70H,4-6,14,16-18,26-27H2,1-3H3,(H,66,67)(H3,52,56,57). The fourth-order valence-electron chi connectivity index (χ4n) is 9.27. The molecule has 0 radical (unpaired) electrons. The van der Waals surface area contributed by atoms with Gasteiger partial charge in [-0.25, -0.2) is 9.59 Å². The topological polar surface area (TPSA) is 375 Å². The number of aldehydes is 1. The minimum atomic E-state index is -3.42. The van der Waals surface area contributed by atoms with Crippen LogP contribution < -0.4 is 36.7 Å². The molecule has 24 nitrogen and oxygen atoms in total. The molecule has 0 spiro atoms. The minimum Gasteiger partial charge on any atom is -0.508 e. The summed E-state index contributed by atoms with van der Waals surface area (Å²) in [6.07, 6.45) is -5.47. The maximum Gasteiger partial charge on any atom is 0.337 e. The van der Waals surface area contributed by atoms with E-state index in [1.807, 2.05) is 32.0 Å². The summed E-state index contributed by atoms with van der Waals surface area (Å²) in [5, 5.41) is 101. The minimum absolute atomic E-state index is 0.0277. The molecule has 0 saturated carbocycles. The van der Waals surface area contributed by atoms with Gasteiger partial charge in [0.25, 0.3) is 0 Å². The lowest BCUT2D eigenvalue weighted by Gasteiger charge is -2.59. The number of aromatic hydroxyl groups is 1. The van der Waals surface area contributed by atoms with Crippen LogP contribution in [0, 0.1) is 13.8 Å². The average molecular weight is 1040 g/mol. The molecule has 3 aromatic carbocycles. The Morgan fingerprint density at radius 1 is 1.03 bits per heavy atom. The van der Waals surface area contributed by atoms with Gasteiger partial charge < -0.3 is 90.5 Å². The number of aliphatic imine (C=N–C) groups is 1. The third-order valence-corrected chi connectivity index (χ3v) is 12.9. The van der Waals surface area contributed by atoms with Gasteiger partial charge in [-0.15, -0.1) is 0 Å². The van der Waals surface area contributed by atoms with Crippen LogP contribution in [0.5, 0.6) is 11.5 Å². The van der Waals surface area contributed by atoms with Crippen LogP contribution in [-0.2, 0) is 23.9 Å². The number of phenolic OH excluding ortho intramolecular Hbond substituents is 1. The first-order valence-corrected chi connectivity index (χ1v) is 23.8. The van der Waals surface area contributed by atoms with Crippen LogP contribution in [0.25, 0.3) is 44.3 Å². The molecule has 0 amide bonds. The van der Waals surface area contributed by atoms with E-state index in [0.717, 1.165) is 11.1 Å². The van der Waals surface area contributed by atoms with Crippen molar-refractivity contribution in [1.82, 2.24) is 25.7 Å². The number of aromatic nitrogens is 2. The SMILES string of the molecule is CNCCN=C(N)NC(CO)(OC(=O)C(NCCC=O)C(=O)O)C1OC(Oc2ccc3c(=O)c(-c4ccc(O)cc4)coc3c2)C(On2cc3cc[nH]c3c2-c2cc(C)cc(C)c2)C(O)(C(O)CCCO)C1(O)CO. The van der Waals surface area contributed by atoms with Crippen LogP contribution in [0.2, 0.25) is 0 Å². The maximum atomic E-state index is 14.2. The number of carbonyl (C=O) groups is 3. The highest BCUT2D eigenvalue weighted by Gasteiger charge is 2.75. The summed E-state index contributed by atoms with van der Waals surface area (Å²) in [5.41, 5.74) is -0.292. The fourth-order valence-corrected chi connectivity index (χ4v) is 9.27. The van der Waals surface area contributed by atoms with Crippen molar-refractivity contribution in [2.45, 2.75) is 80.7 Å². The van der Waals surface area contributed by atoms with Gasteiger partial charge in [-0.1, -0.05) is 29.3 Å². The molecule has 75 heavy (non-hydrogen) atoms. The number of aliphatic carboxylic acids is 1. The Morgan fingerprint density at radius 2 is 1.76 bits per heavy atom. The summed E-state index contributed by atoms with van der Waals surface area (Å²) in [7, 11) is 1.61. The van der Waals surface area contributed by atoms with E-state index in [0.29, 0.717) is 34.0 Å². The van der Waals surface area contributed by atoms with E-state index in [9.17, 15) is 60.0 Å². The summed E-state index contributed by atoms with van der Waals surface area (Å²) >= 11 is 0. The number of carbonyl (C=O) groups excluding carboxylic acids is 2. The molecule has 402 valence electrons. The van der Waals surface area contributed by atoms with Gasteiger partial charge in [0.15, 0.2) is 28.7 Å². The number of nitrogens with two attached hydrogens (primary N) is 1. The molecule has 14 N–H and O–H groups in total. The van der Waals surface area contributed by atoms with Crippen LogP contribution in [0.4, 0.5) is 0 Å². The summed E-state index contributed by atoms with van der Waals surface area (Å²) < 4.78 is 26.0. The zero-order valence-electron chi connectivity index (χ0n) is 41.1. The quantitative estimate of drug-likeness (QED) is 0.00716. The second-order valence-corrected chi connectivity index (χ2v) is 18.1. The van der Waals surface area contributed by atoms with Crippen LogP contribution in [0.15, 0.2) is 99.6 Å². The number of fused-ring (bicyclic) bond motifs is 2. The molecule has 24 heteroatoms. The molecule has 1 aliphatic heterocycles. The number of aliphatic hydroxyl groups excluding tert-OH is 4. The number of aryl methyl sites for hydroxylation is 2. The Kier molecular flexibility index (Phi) is 17.3. The number of nitrogens with zero attached hydrogens (tertiary/aromatic N) is 2. The predicted octanol–water partition coefficient (Wildman–Crippen LogP) is -0.0915. The number of carboxylic acid groups (broad SMARTS) is 1. The van der Waals surface area contributed by atoms with Crippen molar-refractivity contribution in [1.29, 1.82) is 0 Å². The van der Waals surface area contributed by atoms with Gasteiger partial charge in [0.05, 0.1) is 41.9 Å². The van der Waals surface area contributed by atoms with Crippen LogP contribution in [0.3, 0.4) is 0 Å². The normalized spacial score (nSPS) is 21.6. The van der Waals surface area contributed by atoms with Crippen molar-refractivity contribution < 1.29 is 78.7 Å². The van der Waals surface area contributed by atoms with Gasteiger partial charge in [0, 0.05) is 49.3 Å². The third-order valence-electron chi connectivity index (χ3n) is 12.9. The number of aliphatic hydroxyl groups is 6. The van der Waals surface area contributed by atoms with E-state index in [2.05, 4.69) is 25.9 Å². The predicted molar refractivity (Wildman–Crippen MR) is 269 cm³/mol. The first-order valence-electron chi connectivity index (χ1n) is 23.8. The molecule has 8 atom stereocenters. The van der Waals surface area contributed by atoms with Crippen LogP contribution in [-0.4, -0.2) is 169 Å². The van der Waals surface area contributed by atoms with Crippen molar-refractivity contribution in [2.24, 2.45) is 10.7 Å². The number of aromatic amines is 1. The molecule has 4 heterocycles. The number of guanidine groups is 1. The Bertz CT molecular complexity index is 3050. The largest absolute Gasteiger partial charge is 0.508 e. The molecule has 1 saturated heterocycles. The van der Waals surface area contributed by atoms with E-state index >= 15 is 0 Å². The Balaban J connectivity index is 1.46. The molecule has 7 rings (SSSR count). The van der Waals surface area contributed by atoms with Gasteiger partial charge >= 0.3 is 11.9 Å². The van der Waals surface area contributed by atoms with E-state index < -0.39 is 97.1 Å². The third kappa shape index (κ3) is 11.2. The Morgan fingerprint density at radius 3 is 2.41 bits per heavy atom. The van der Waals surface area contributed by atoms with Crippen LogP contribution in [0.1, 0.15) is 30.4 Å². The summed E-state index contributed by atoms with van der Waals surface area (Å²) in [6.45, 7) is -0.117. The summed E-state index contributed by atoms with van der Waals surface area (Å²) in [4.78, 5) is 65.9. The second kappa shape index (κ2) is 23.4. The number of phenols is 1. The molecule has 1 fully saturated rings. The number of hydrogen-bond acceptors (Lipinski definition) is 19. The van der Waals surface area contributed by atoms with E-state index in [-0.39, 0.29) is 60.5 Å². The smallest absolute Gasteiger partial charge is 0.337 e. The van der Waals surface area contributed by atoms with E-state index in [1.165, 1.54) is 59.7 Å². The summed E-state index contributed by atoms with van der Waals surface area (Å²) in [6, 6.07) is 14.9. The van der Waals surface area contributed by atoms with Crippen LogP contribution >= 0.6 is 0 Å². The number of hydrogen-bond donors (Lipinski definition) is 13. The molecule has 1 aliphatic rings. The molecule has 8 unspecified atom stereocenters. The zero-order chi connectivity index (χ0) is 54.2. The number of esters is 1. The van der Waals surface area contributed by atoms with Gasteiger partial charge in [0.2, 0.25) is 24.2 Å². The number of rotatable bonds is 24. The van der Waals surface area contributed by atoms with Gasteiger partial charge in [0.1, 0.15) is 41.9 Å². The summed E-state index contributed by atoms with van der Waals surface area (Å²) in [5.74, 6) is -4.33. The van der Waals surface area contributed by atoms with Gasteiger partial charge in [-0.05, 0) is 81.8 Å². The molecular weight excluding hydrogens is 983 g/mol. The fraction of sp³-hybridized carbons (Fsp3) is 0.392. The van der Waals surface area contributed by atoms with E-state index in [1.54, 1.807) is 19.3 Å². The lowest BCUT2D eigenvalue weighted by Crippen LogP contribution is -2.86. The first-order chi connectivity index (χ1) is 35.9. The number of benzene rings is 3. The first kappa shape index (κ1) is 55.4. The molecule has 3 aromatic heterocycles. The number of likely N-dealkylation sites (N-methyl/N-ethyl adjacent to an activating group) is 1. The highest BCUT2D eigenvalue weighted by molar-refractivity contribution is 5.98. The second-order valence-electron chi connectivity index (χ2n) is 18.1. The van der Waals surface area contributed by atoms with Crippen molar-refractivity contribution in [3.05, 3.63) is 107 Å². The zero-order valence-corrected chi connectivity index (χ0v) is 41.1. The number of nitrogens with one attached hydrogen (secondary N) is 4. The highest BCUT2D eigenvalue weighted by Crippen LogP contribution is 2.47. The average Bonchev–Trinajstić information content (AvgIpc) is 4.01. The van der Waals surface area contributed by atoms with Crippen molar-refractivity contribution in [2.75, 3.05) is 46.5 Å². The molecular formula is C51H61N7O17. The van der Waals surface area contributed by atoms with Crippen molar-refractivity contribution in [3.8, 4) is 33.9 Å². The number of ether oxygens (including phenoxy) is 3. The Hall–Kier alpha value is -7.39. The number of H-pyrrole nitrogens is 1. The van der Waals surface area contributed by atoms with Crippen molar-refractivity contribution >= 4 is 46.1 Å². The Labute approximate surface area is 427 Å². The lowest BCUT2D eigenvalue weighted by molar-refractivity contribution is -0.400. The number of carboxylic acids is 1. The van der Waals surface area contributed by atoms with E-state index in [4.69, 9.17) is 29.2 Å². The lowest BCUT2D eigenvalue weighted by atomic mass is 9.66. The van der Waals surface area contributed by atoms with Gasteiger partial charge in [-0.3, -0.25) is 15.1 Å². The highest BCUT2D eigenvalue weighted by atomic mass is 16.8. The maximum absolute atomic E-state index is 14.2. The van der Waals surface area contributed by atoms with Gasteiger partial charge in [-0.2, -0.15) is 4.73 Å². The molecule has 0 aliphatic carbocycles. The molecule has 6 aromatic rings. The molecule has 0 bridgehead atoms. The monoisotopic (exact) mass is 1040 g/mol.